The van der Waals surface area contributed by atoms with Crippen LogP contribution in [-0.2, 0) is 20.9 Å². The van der Waals surface area contributed by atoms with E-state index in [-0.39, 0.29) is 23.7 Å². The smallest absolute Gasteiger partial charge is 0.342 e. The van der Waals surface area contributed by atoms with E-state index < -0.39 is 31.1 Å². The van der Waals surface area contributed by atoms with Crippen molar-refractivity contribution in [3.8, 4) is 22.6 Å². The summed E-state index contributed by atoms with van der Waals surface area (Å²) in [7, 11) is 0. The van der Waals surface area contributed by atoms with E-state index in [1.165, 1.54) is 12.1 Å². The summed E-state index contributed by atoms with van der Waals surface area (Å²) in [6.07, 6.45) is 0. The topological polar surface area (TPSA) is 119 Å². The van der Waals surface area contributed by atoms with Gasteiger partial charge in [-0.05, 0) is 28.8 Å². The van der Waals surface area contributed by atoms with Crippen LogP contribution in [0.25, 0.3) is 11.1 Å². The maximum absolute atomic E-state index is 12.9. The Bertz CT molecular complexity index is 1090. The van der Waals surface area contributed by atoms with Crippen molar-refractivity contribution in [1.82, 2.24) is 0 Å². The van der Waals surface area contributed by atoms with Crippen LogP contribution in [0.2, 0.25) is 0 Å². The largest absolute Gasteiger partial charge is 0.479 e. The lowest BCUT2D eigenvalue weighted by atomic mass is 10.0. The highest BCUT2D eigenvalue weighted by Crippen LogP contribution is 2.37. The minimum atomic E-state index is -1.27. The predicted octanol–water partition coefficient (Wildman–Crippen LogP) is 3.64. The van der Waals surface area contributed by atoms with Crippen molar-refractivity contribution in [2.75, 3.05) is 13.2 Å². The number of carboxylic acids is 2. The molecule has 0 bridgehead atoms. The Hall–Kier alpha value is -4.33. The molecule has 0 atom stereocenters. The van der Waals surface area contributed by atoms with Gasteiger partial charge in [0.2, 0.25) is 0 Å². The number of rotatable bonds is 10. The lowest BCUT2D eigenvalue weighted by Gasteiger charge is -2.17. The average Bonchev–Trinajstić information content (AvgIpc) is 2.80. The summed E-state index contributed by atoms with van der Waals surface area (Å²) in [6, 6.07) is 21.0. The van der Waals surface area contributed by atoms with Crippen LogP contribution in [0, 0.1) is 0 Å². The zero-order chi connectivity index (χ0) is 22.9. The predicted molar refractivity (Wildman–Crippen MR) is 114 cm³/mol. The van der Waals surface area contributed by atoms with Crippen molar-refractivity contribution in [3.05, 3.63) is 83.9 Å². The van der Waals surface area contributed by atoms with Gasteiger partial charge in [-0.25, -0.2) is 14.4 Å². The second-order valence-corrected chi connectivity index (χ2v) is 6.64. The van der Waals surface area contributed by atoms with E-state index in [9.17, 15) is 14.4 Å². The van der Waals surface area contributed by atoms with E-state index in [2.05, 4.69) is 0 Å². The van der Waals surface area contributed by atoms with Crippen molar-refractivity contribution >= 4 is 17.9 Å². The van der Waals surface area contributed by atoms with Crippen molar-refractivity contribution in [2.24, 2.45) is 0 Å². The number of carbonyl (C=O) groups is 3. The molecule has 0 aliphatic carbocycles. The minimum Gasteiger partial charge on any atom is -0.479 e. The standard InChI is InChI=1S/C24H20O8/c25-21(26)14-30-20-12-18(17-9-5-2-6-10-17)11-19(23(20)31-15-22(27)28)24(29)32-13-16-7-3-1-4-8-16/h1-12H,13-15H2,(H,25,26)(H,27,28). The number of aliphatic carboxylic acids is 2. The molecule has 32 heavy (non-hydrogen) atoms. The lowest BCUT2D eigenvalue weighted by molar-refractivity contribution is -0.140. The molecule has 0 radical (unpaired) electrons. The molecule has 0 saturated heterocycles. The molecule has 0 fully saturated rings. The van der Waals surface area contributed by atoms with Gasteiger partial charge in [-0.15, -0.1) is 0 Å². The van der Waals surface area contributed by atoms with Gasteiger partial charge in [0.15, 0.2) is 24.7 Å². The second-order valence-electron chi connectivity index (χ2n) is 6.64. The summed E-state index contributed by atoms with van der Waals surface area (Å²) in [5.41, 5.74) is 1.95. The number of hydrogen-bond acceptors (Lipinski definition) is 6. The van der Waals surface area contributed by atoms with Gasteiger partial charge < -0.3 is 24.4 Å². The molecule has 0 unspecified atom stereocenters. The first kappa shape index (κ1) is 22.4. The number of hydrogen-bond donors (Lipinski definition) is 2. The summed E-state index contributed by atoms with van der Waals surface area (Å²) in [6.45, 7) is -1.48. The van der Waals surface area contributed by atoms with Gasteiger partial charge in [-0.3, -0.25) is 0 Å². The molecular weight excluding hydrogens is 416 g/mol. The van der Waals surface area contributed by atoms with Gasteiger partial charge in [0.1, 0.15) is 12.2 Å². The summed E-state index contributed by atoms with van der Waals surface area (Å²) in [4.78, 5) is 35.0. The molecule has 3 aromatic carbocycles. The molecule has 8 heteroatoms. The van der Waals surface area contributed by atoms with Crippen LogP contribution in [-0.4, -0.2) is 41.3 Å². The quantitative estimate of drug-likeness (QED) is 0.463. The Kier molecular flexibility index (Phi) is 7.42. The molecule has 3 rings (SSSR count). The molecule has 0 amide bonds. The van der Waals surface area contributed by atoms with Crippen LogP contribution >= 0.6 is 0 Å². The molecule has 0 aliphatic heterocycles. The van der Waals surface area contributed by atoms with E-state index in [4.69, 9.17) is 24.4 Å². The zero-order valence-corrected chi connectivity index (χ0v) is 16.9. The molecule has 8 nitrogen and oxygen atoms in total. The normalized spacial score (nSPS) is 10.2. The van der Waals surface area contributed by atoms with E-state index in [0.717, 1.165) is 11.1 Å². The Morgan fingerprint density at radius 1 is 0.719 bits per heavy atom. The van der Waals surface area contributed by atoms with Gasteiger partial charge in [0, 0.05) is 0 Å². The number of carbonyl (C=O) groups excluding carboxylic acids is 1. The highest BCUT2D eigenvalue weighted by molar-refractivity contribution is 5.96. The zero-order valence-electron chi connectivity index (χ0n) is 16.9. The van der Waals surface area contributed by atoms with Gasteiger partial charge in [-0.1, -0.05) is 60.7 Å². The Labute approximate surface area is 183 Å². The summed E-state index contributed by atoms with van der Waals surface area (Å²) >= 11 is 0. The van der Waals surface area contributed by atoms with Crippen LogP contribution < -0.4 is 9.47 Å². The third-order valence-electron chi connectivity index (χ3n) is 4.29. The highest BCUT2D eigenvalue weighted by atomic mass is 16.6. The van der Waals surface area contributed by atoms with E-state index in [1.54, 1.807) is 48.5 Å². The lowest BCUT2D eigenvalue weighted by Crippen LogP contribution is -2.16. The number of ether oxygens (including phenoxy) is 3. The number of esters is 1. The van der Waals surface area contributed by atoms with Crippen LogP contribution in [0.4, 0.5) is 0 Å². The van der Waals surface area contributed by atoms with E-state index >= 15 is 0 Å². The molecule has 3 aromatic rings. The molecule has 0 heterocycles. The monoisotopic (exact) mass is 436 g/mol. The number of benzene rings is 3. The average molecular weight is 436 g/mol. The fraction of sp³-hybridized carbons (Fsp3) is 0.125. The summed E-state index contributed by atoms with van der Waals surface area (Å²) in [5, 5.41) is 18.0. The fourth-order valence-electron chi connectivity index (χ4n) is 2.88. The van der Waals surface area contributed by atoms with E-state index in [1.807, 2.05) is 12.1 Å². The van der Waals surface area contributed by atoms with Crippen molar-refractivity contribution in [2.45, 2.75) is 6.61 Å². The maximum atomic E-state index is 12.9. The Morgan fingerprint density at radius 3 is 1.94 bits per heavy atom. The Balaban J connectivity index is 2.02. The van der Waals surface area contributed by atoms with Crippen molar-refractivity contribution in [1.29, 1.82) is 0 Å². The SMILES string of the molecule is O=C(O)COc1cc(-c2ccccc2)cc(C(=O)OCc2ccccc2)c1OCC(=O)O. The van der Waals surface area contributed by atoms with Crippen LogP contribution in [0.5, 0.6) is 11.5 Å². The third kappa shape index (κ3) is 6.09. The second kappa shape index (κ2) is 10.6. The molecular formula is C24H20O8. The number of carboxylic acid groups (broad SMARTS) is 2. The molecule has 0 aliphatic rings. The first-order valence-corrected chi connectivity index (χ1v) is 9.57. The van der Waals surface area contributed by atoms with Crippen molar-refractivity contribution in [3.63, 3.8) is 0 Å². The van der Waals surface area contributed by atoms with Crippen molar-refractivity contribution < 1.29 is 38.8 Å². The molecule has 164 valence electrons. The van der Waals surface area contributed by atoms with Crippen LogP contribution in [0.15, 0.2) is 72.8 Å². The maximum Gasteiger partial charge on any atom is 0.342 e. The first-order valence-electron chi connectivity index (χ1n) is 9.57. The fourth-order valence-corrected chi connectivity index (χ4v) is 2.88. The van der Waals surface area contributed by atoms with Crippen LogP contribution in [0.3, 0.4) is 0 Å². The minimum absolute atomic E-state index is 0.0150. The van der Waals surface area contributed by atoms with E-state index in [0.29, 0.717) is 5.56 Å². The van der Waals surface area contributed by atoms with Crippen LogP contribution in [0.1, 0.15) is 15.9 Å². The molecule has 2 N–H and O–H groups in total. The van der Waals surface area contributed by atoms with Gasteiger partial charge >= 0.3 is 17.9 Å². The molecule has 0 aromatic heterocycles. The summed E-state index contributed by atoms with van der Waals surface area (Å²) in [5.74, 6) is -3.57. The Morgan fingerprint density at radius 2 is 1.31 bits per heavy atom. The first-order chi connectivity index (χ1) is 15.4. The molecule has 0 saturated carbocycles. The van der Waals surface area contributed by atoms with Gasteiger partial charge in [-0.2, -0.15) is 0 Å². The highest BCUT2D eigenvalue weighted by Gasteiger charge is 2.23. The van der Waals surface area contributed by atoms with Gasteiger partial charge in [0.05, 0.1) is 0 Å². The summed E-state index contributed by atoms with van der Waals surface area (Å²) < 4.78 is 16.0. The third-order valence-corrected chi connectivity index (χ3v) is 4.29. The van der Waals surface area contributed by atoms with Gasteiger partial charge in [0.25, 0.3) is 0 Å². The molecule has 0 spiro atoms.